The highest BCUT2D eigenvalue weighted by atomic mass is 16.1. The number of Topliss-reactive ketones (excluding diaryl/α,β-unsaturated/α-hetero) is 1. The van der Waals surface area contributed by atoms with Gasteiger partial charge in [0, 0.05) is 29.7 Å². The number of nitrogens with zero attached hydrogens (tertiary/aromatic N) is 3. The molecule has 2 heterocycles. The van der Waals surface area contributed by atoms with Gasteiger partial charge in [0.05, 0.1) is 6.04 Å². The fraction of sp³-hybridized carbons (Fsp3) is 0.467. The van der Waals surface area contributed by atoms with Gasteiger partial charge in [-0.15, -0.1) is 0 Å². The number of ketones is 1. The number of hydrogen-bond acceptors (Lipinski definition) is 5. The molecule has 0 aliphatic heterocycles. The van der Waals surface area contributed by atoms with Gasteiger partial charge in [-0.05, 0) is 69.9 Å². The van der Waals surface area contributed by atoms with E-state index in [-0.39, 0.29) is 11.8 Å². The summed E-state index contributed by atoms with van der Waals surface area (Å²) in [5, 5.41) is 3.61. The van der Waals surface area contributed by atoms with Gasteiger partial charge in [-0.3, -0.25) is 4.98 Å². The van der Waals surface area contributed by atoms with E-state index in [9.17, 15) is 4.79 Å². The van der Waals surface area contributed by atoms with Gasteiger partial charge in [-0.2, -0.15) is 0 Å². The molecule has 1 unspecified atom stereocenters. The molecule has 192 valence electrons. The van der Waals surface area contributed by atoms with E-state index in [2.05, 4.69) is 74.2 Å². The third kappa shape index (κ3) is 12.3. The molecule has 0 aliphatic rings. The number of anilines is 1. The number of pyridine rings is 1. The van der Waals surface area contributed by atoms with Crippen molar-refractivity contribution < 1.29 is 4.79 Å². The van der Waals surface area contributed by atoms with Crippen LogP contribution in [-0.4, -0.2) is 20.7 Å². The molecule has 35 heavy (non-hydrogen) atoms. The van der Waals surface area contributed by atoms with Crippen LogP contribution in [0.2, 0.25) is 0 Å². The van der Waals surface area contributed by atoms with Crippen molar-refractivity contribution in [1.82, 2.24) is 15.0 Å². The zero-order valence-corrected chi connectivity index (χ0v) is 23.6. The number of aromatic nitrogens is 3. The molecule has 0 spiro atoms. The lowest BCUT2D eigenvalue weighted by Gasteiger charge is -2.20. The topological polar surface area (TPSA) is 67.8 Å². The fourth-order valence-electron chi connectivity index (χ4n) is 2.97. The maximum atomic E-state index is 9.44. The Morgan fingerprint density at radius 1 is 0.943 bits per heavy atom. The Morgan fingerprint density at radius 3 is 2.09 bits per heavy atom. The maximum Gasteiger partial charge on any atom is 0.161 e. The highest BCUT2D eigenvalue weighted by Gasteiger charge is 2.14. The second-order valence-corrected chi connectivity index (χ2v) is 8.41. The van der Waals surface area contributed by atoms with Crippen molar-refractivity contribution in [3.8, 4) is 11.4 Å². The van der Waals surface area contributed by atoms with Crippen LogP contribution >= 0.6 is 0 Å². The second-order valence-electron chi connectivity index (χ2n) is 8.41. The number of carbonyl (C=O) groups is 1. The molecule has 3 aromatic rings. The van der Waals surface area contributed by atoms with Gasteiger partial charge >= 0.3 is 0 Å². The SMILES string of the molecule is CC.CC(C)=O.CCC.CCCC(Nc1nc(-c2ccc(C)c(C)c2)ncc1C)c1cccnc1. The molecule has 1 atom stereocenters. The molecule has 0 fully saturated rings. The molecule has 0 amide bonds. The van der Waals surface area contributed by atoms with Crippen molar-refractivity contribution >= 4 is 11.6 Å². The summed E-state index contributed by atoms with van der Waals surface area (Å²) in [5.74, 6) is 1.80. The minimum atomic E-state index is 0.167. The van der Waals surface area contributed by atoms with Crippen LogP contribution in [0.5, 0.6) is 0 Å². The summed E-state index contributed by atoms with van der Waals surface area (Å²) in [4.78, 5) is 23.1. The van der Waals surface area contributed by atoms with E-state index < -0.39 is 0 Å². The van der Waals surface area contributed by atoms with Crippen molar-refractivity contribution in [1.29, 1.82) is 0 Å². The molecule has 0 radical (unpaired) electrons. The Balaban J connectivity index is 0.00000112. The van der Waals surface area contributed by atoms with Crippen LogP contribution in [0.1, 0.15) is 96.0 Å². The van der Waals surface area contributed by atoms with Crippen LogP contribution < -0.4 is 5.32 Å². The van der Waals surface area contributed by atoms with Crippen molar-refractivity contribution in [2.24, 2.45) is 0 Å². The highest BCUT2D eigenvalue weighted by Crippen LogP contribution is 2.26. The highest BCUT2D eigenvalue weighted by molar-refractivity contribution is 5.72. The Labute approximate surface area is 213 Å². The van der Waals surface area contributed by atoms with Gasteiger partial charge in [0.25, 0.3) is 0 Å². The van der Waals surface area contributed by atoms with Gasteiger partial charge in [0.2, 0.25) is 0 Å². The van der Waals surface area contributed by atoms with E-state index in [1.807, 2.05) is 39.2 Å². The first kappa shape index (κ1) is 31.9. The lowest BCUT2D eigenvalue weighted by Crippen LogP contribution is -2.13. The molecule has 0 bridgehead atoms. The second kappa shape index (κ2) is 18.3. The third-order valence-corrected chi connectivity index (χ3v) is 4.71. The first-order valence-corrected chi connectivity index (χ1v) is 12.8. The standard InChI is InChI=1S/C22H26N4.C3H6O.C3H8.C2H6/c1-5-7-20(19-8-6-11-23-14-19)25-21-17(4)13-24-22(26-21)18-10-9-15(2)16(3)12-18;1-3(2)4;1-3-2;1-2/h6,8-14,20H,5,7H2,1-4H3,(H,24,25,26);1-2H3;3H2,1-2H3;1-2H3. The van der Waals surface area contributed by atoms with Gasteiger partial charge in [-0.25, -0.2) is 9.97 Å². The predicted octanol–water partition coefficient (Wildman–Crippen LogP) is 8.45. The Kier molecular flexibility index (Phi) is 16.7. The zero-order valence-electron chi connectivity index (χ0n) is 23.6. The van der Waals surface area contributed by atoms with Crippen LogP contribution in [0.3, 0.4) is 0 Å². The van der Waals surface area contributed by atoms with Crippen LogP contribution in [0, 0.1) is 20.8 Å². The average molecular weight is 479 g/mol. The summed E-state index contributed by atoms with van der Waals surface area (Å²) in [6, 6.07) is 10.6. The predicted molar refractivity (Wildman–Crippen MR) is 151 cm³/mol. The molecule has 3 rings (SSSR count). The largest absolute Gasteiger partial charge is 0.363 e. The number of nitrogens with one attached hydrogen (secondary N) is 1. The Bertz CT molecular complexity index is 983. The van der Waals surface area contributed by atoms with Gasteiger partial charge in [-0.1, -0.05) is 65.7 Å². The summed E-state index contributed by atoms with van der Waals surface area (Å²) in [5.41, 5.74) is 5.80. The molecule has 0 saturated carbocycles. The fourth-order valence-corrected chi connectivity index (χ4v) is 2.97. The number of carbonyl (C=O) groups excluding carboxylic acids is 1. The first-order valence-electron chi connectivity index (χ1n) is 12.8. The van der Waals surface area contributed by atoms with E-state index in [4.69, 9.17) is 4.98 Å². The maximum absolute atomic E-state index is 9.44. The summed E-state index contributed by atoms with van der Waals surface area (Å²) in [6.45, 7) is 19.8. The molecular weight excluding hydrogens is 432 g/mol. The molecule has 0 aliphatic carbocycles. The lowest BCUT2D eigenvalue weighted by atomic mass is 10.0. The van der Waals surface area contributed by atoms with Gasteiger partial charge in [0.1, 0.15) is 11.6 Å². The molecule has 5 heteroatoms. The first-order chi connectivity index (χ1) is 16.7. The number of benzene rings is 1. The van der Waals surface area contributed by atoms with Crippen LogP contribution in [-0.2, 0) is 4.79 Å². The minimum Gasteiger partial charge on any atom is -0.363 e. The molecular formula is C30H46N4O. The summed E-state index contributed by atoms with van der Waals surface area (Å²) >= 11 is 0. The monoisotopic (exact) mass is 478 g/mol. The molecule has 1 aromatic carbocycles. The van der Waals surface area contributed by atoms with E-state index in [1.165, 1.54) is 37.0 Å². The van der Waals surface area contributed by atoms with Crippen molar-refractivity contribution in [2.75, 3.05) is 5.32 Å². The lowest BCUT2D eigenvalue weighted by molar-refractivity contribution is -0.114. The van der Waals surface area contributed by atoms with Crippen LogP contribution in [0.15, 0.2) is 48.9 Å². The molecule has 1 N–H and O–H groups in total. The van der Waals surface area contributed by atoms with E-state index in [1.54, 1.807) is 6.20 Å². The number of aryl methyl sites for hydroxylation is 3. The normalized spacial score (nSPS) is 10.3. The van der Waals surface area contributed by atoms with Crippen molar-refractivity contribution in [3.05, 3.63) is 71.2 Å². The summed E-state index contributed by atoms with van der Waals surface area (Å²) < 4.78 is 0. The third-order valence-electron chi connectivity index (χ3n) is 4.71. The molecule has 5 nitrogen and oxygen atoms in total. The van der Waals surface area contributed by atoms with Crippen LogP contribution in [0.25, 0.3) is 11.4 Å². The van der Waals surface area contributed by atoms with Crippen molar-refractivity contribution in [2.45, 2.75) is 94.5 Å². The van der Waals surface area contributed by atoms with E-state index in [0.717, 1.165) is 35.6 Å². The molecule has 0 saturated heterocycles. The minimum absolute atomic E-state index is 0.167. The summed E-state index contributed by atoms with van der Waals surface area (Å²) in [6.07, 6.45) is 8.98. The van der Waals surface area contributed by atoms with Gasteiger partial charge < -0.3 is 10.1 Å². The summed E-state index contributed by atoms with van der Waals surface area (Å²) in [7, 11) is 0. The van der Waals surface area contributed by atoms with E-state index in [0.29, 0.717) is 0 Å². The number of hydrogen-bond donors (Lipinski definition) is 1. The van der Waals surface area contributed by atoms with Crippen LogP contribution in [0.4, 0.5) is 5.82 Å². The van der Waals surface area contributed by atoms with E-state index >= 15 is 0 Å². The van der Waals surface area contributed by atoms with Gasteiger partial charge in [0.15, 0.2) is 5.82 Å². The zero-order chi connectivity index (χ0) is 26.8. The van der Waals surface area contributed by atoms with Crippen molar-refractivity contribution in [3.63, 3.8) is 0 Å². The quantitative estimate of drug-likeness (QED) is 0.385. The Hall–Kier alpha value is -3.08. The smallest absolute Gasteiger partial charge is 0.161 e. The molecule has 2 aromatic heterocycles. The average Bonchev–Trinajstić information content (AvgIpc) is 2.84. The Morgan fingerprint density at radius 2 is 1.57 bits per heavy atom. The number of rotatable bonds is 6.